The van der Waals surface area contributed by atoms with Crippen LogP contribution in [0.2, 0.25) is 0 Å². The Morgan fingerprint density at radius 1 is 0.286 bits per heavy atom. The van der Waals surface area contributed by atoms with Crippen LogP contribution >= 0.6 is 0 Å². The molecule has 0 aromatic heterocycles. The van der Waals surface area contributed by atoms with Crippen LogP contribution in [-0.4, -0.2) is 6.71 Å². The Kier molecular flexibility index (Phi) is 9.31. The van der Waals surface area contributed by atoms with Crippen LogP contribution in [0, 0.1) is 0 Å². The number of hydrogen-bond donors (Lipinski definition) is 0. The Bertz CT molecular complexity index is 3870. The summed E-state index contributed by atoms with van der Waals surface area (Å²) in [6, 6.07) is 98.3. The maximum atomic E-state index is 2.54. The van der Waals surface area contributed by atoms with Crippen molar-refractivity contribution in [3.8, 4) is 22.3 Å². The molecule has 0 bridgehead atoms. The van der Waals surface area contributed by atoms with Gasteiger partial charge < -0.3 is 14.7 Å². The molecule has 4 heteroatoms. The summed E-state index contributed by atoms with van der Waals surface area (Å²) in [6.07, 6.45) is 0. The standard InChI is InChI=1S/C66H44BN3/c1-5-23-49(24-6-1)68(50-25-7-2-8-26-50)53-39-40-59-61(44-53)70(52-29-11-4-12-30-52)63-43-48(42-62-66(63)67(59)58-35-19-20-36-60(58)69(62)51-27-9-3-10-28-51)65-56-33-17-15-31-54(56)64(55-32-16-18-34-57(55)65)47-38-37-45-21-13-14-22-46(45)41-47/h1-44H. The molecule has 3 nitrogen and oxygen atoms in total. The fourth-order valence-corrected chi connectivity index (χ4v) is 11.6. The largest absolute Gasteiger partial charge is 0.311 e. The molecule has 0 aliphatic carbocycles. The first kappa shape index (κ1) is 40.0. The Hall–Kier alpha value is -9.12. The van der Waals surface area contributed by atoms with Crippen LogP contribution in [0.15, 0.2) is 267 Å². The molecular weight excluding hydrogens is 846 g/mol. The zero-order valence-corrected chi connectivity index (χ0v) is 38.3. The maximum Gasteiger partial charge on any atom is 0.252 e. The van der Waals surface area contributed by atoms with E-state index >= 15 is 0 Å². The van der Waals surface area contributed by atoms with Crippen molar-refractivity contribution in [3.63, 3.8) is 0 Å². The number of nitrogens with zero attached hydrogens (tertiary/aromatic N) is 3. The van der Waals surface area contributed by atoms with Crippen molar-refractivity contribution in [2.75, 3.05) is 14.7 Å². The van der Waals surface area contributed by atoms with Gasteiger partial charge in [0, 0.05) is 51.2 Å². The summed E-state index contributed by atoms with van der Waals surface area (Å²) in [6.45, 7) is -0.0371. The van der Waals surface area contributed by atoms with E-state index in [-0.39, 0.29) is 6.71 Å². The molecule has 0 unspecified atom stereocenters. The van der Waals surface area contributed by atoms with Gasteiger partial charge in [-0.25, -0.2) is 0 Å². The van der Waals surface area contributed by atoms with Crippen LogP contribution in [0.25, 0.3) is 54.6 Å². The van der Waals surface area contributed by atoms with Crippen molar-refractivity contribution in [1.82, 2.24) is 0 Å². The highest BCUT2D eigenvalue weighted by Crippen LogP contribution is 2.50. The van der Waals surface area contributed by atoms with Gasteiger partial charge in [-0.1, -0.05) is 182 Å². The second-order valence-electron chi connectivity index (χ2n) is 18.4. The third-order valence-corrected chi connectivity index (χ3v) is 14.5. The van der Waals surface area contributed by atoms with Gasteiger partial charge >= 0.3 is 0 Å². The van der Waals surface area contributed by atoms with Crippen LogP contribution in [0.3, 0.4) is 0 Å². The lowest BCUT2D eigenvalue weighted by Gasteiger charge is -2.44. The zero-order chi connectivity index (χ0) is 46.1. The lowest BCUT2D eigenvalue weighted by molar-refractivity contribution is 1.24. The molecule has 0 saturated heterocycles. The molecule has 14 rings (SSSR count). The number of rotatable bonds is 7. The molecule has 2 heterocycles. The molecule has 2 aliphatic rings. The van der Waals surface area contributed by atoms with Crippen molar-refractivity contribution in [1.29, 1.82) is 0 Å². The Labute approximate surface area is 408 Å². The smallest absolute Gasteiger partial charge is 0.252 e. The number of benzene rings is 12. The van der Waals surface area contributed by atoms with Crippen LogP contribution in [0.1, 0.15) is 0 Å². The lowest BCUT2D eigenvalue weighted by Crippen LogP contribution is -2.61. The highest BCUT2D eigenvalue weighted by atomic mass is 15.2. The molecule has 12 aromatic carbocycles. The van der Waals surface area contributed by atoms with E-state index in [4.69, 9.17) is 0 Å². The Balaban J connectivity index is 1.09. The summed E-state index contributed by atoms with van der Waals surface area (Å²) in [5.74, 6) is 0. The quantitative estimate of drug-likeness (QED) is 0.117. The summed E-state index contributed by atoms with van der Waals surface area (Å²) in [5.41, 5.74) is 18.9. The predicted molar refractivity (Wildman–Crippen MR) is 299 cm³/mol. The second kappa shape index (κ2) is 16.3. The highest BCUT2D eigenvalue weighted by Gasteiger charge is 2.44. The van der Waals surface area contributed by atoms with Crippen LogP contribution in [0.4, 0.5) is 51.2 Å². The van der Waals surface area contributed by atoms with E-state index in [1.54, 1.807) is 0 Å². The van der Waals surface area contributed by atoms with Crippen LogP contribution in [0.5, 0.6) is 0 Å². The van der Waals surface area contributed by atoms with E-state index in [2.05, 4.69) is 282 Å². The van der Waals surface area contributed by atoms with Gasteiger partial charge in [-0.15, -0.1) is 0 Å². The molecule has 0 spiro atoms. The summed E-state index contributed by atoms with van der Waals surface area (Å²) < 4.78 is 0. The third-order valence-electron chi connectivity index (χ3n) is 14.5. The van der Waals surface area contributed by atoms with Gasteiger partial charge in [0.15, 0.2) is 0 Å². The van der Waals surface area contributed by atoms with Crippen molar-refractivity contribution < 1.29 is 0 Å². The highest BCUT2D eigenvalue weighted by molar-refractivity contribution is 7.00. The topological polar surface area (TPSA) is 9.72 Å². The Morgan fingerprint density at radius 3 is 1.33 bits per heavy atom. The molecule has 70 heavy (non-hydrogen) atoms. The monoisotopic (exact) mass is 889 g/mol. The van der Waals surface area contributed by atoms with Gasteiger partial charge in [0.2, 0.25) is 0 Å². The van der Waals surface area contributed by atoms with Crippen LogP contribution < -0.4 is 31.1 Å². The van der Waals surface area contributed by atoms with Crippen molar-refractivity contribution in [2.24, 2.45) is 0 Å². The maximum absolute atomic E-state index is 2.54. The van der Waals surface area contributed by atoms with E-state index in [1.807, 2.05) is 0 Å². The number of hydrogen-bond acceptors (Lipinski definition) is 3. The SMILES string of the molecule is c1ccc(N(c2ccccc2)c2ccc3c(c2)N(c2ccccc2)c2cc(-c4c5ccccc5c(-c5ccc6ccccc6c5)c5ccccc45)cc4c2B3c2ccccc2N4c2ccccc2)cc1. The van der Waals surface area contributed by atoms with Gasteiger partial charge in [0.05, 0.1) is 0 Å². The lowest BCUT2D eigenvalue weighted by atomic mass is 9.33. The van der Waals surface area contributed by atoms with Crippen molar-refractivity contribution in [3.05, 3.63) is 267 Å². The zero-order valence-electron chi connectivity index (χ0n) is 38.3. The number of fused-ring (bicyclic) bond motifs is 7. The molecule has 0 atom stereocenters. The van der Waals surface area contributed by atoms with E-state index in [0.717, 1.165) is 34.1 Å². The first-order chi connectivity index (χ1) is 34.8. The van der Waals surface area contributed by atoms with Gasteiger partial charge in [-0.3, -0.25) is 0 Å². The summed E-state index contributed by atoms with van der Waals surface area (Å²) in [7, 11) is 0. The fourth-order valence-electron chi connectivity index (χ4n) is 11.6. The molecule has 326 valence electrons. The van der Waals surface area contributed by atoms with E-state index in [0.29, 0.717) is 0 Å². The first-order valence-electron chi connectivity index (χ1n) is 24.2. The molecule has 0 N–H and O–H groups in total. The minimum absolute atomic E-state index is 0.0371. The molecule has 0 saturated carbocycles. The predicted octanol–water partition coefficient (Wildman–Crippen LogP) is 16.0. The summed E-state index contributed by atoms with van der Waals surface area (Å²) in [5, 5.41) is 7.40. The van der Waals surface area contributed by atoms with Crippen molar-refractivity contribution >= 4 is 107 Å². The minimum Gasteiger partial charge on any atom is -0.311 e. The molecule has 2 aliphatic heterocycles. The van der Waals surface area contributed by atoms with Gasteiger partial charge in [-0.05, 0) is 156 Å². The third kappa shape index (κ3) is 6.31. The summed E-state index contributed by atoms with van der Waals surface area (Å²) in [4.78, 5) is 7.43. The second-order valence-corrected chi connectivity index (χ2v) is 18.4. The van der Waals surface area contributed by atoms with E-state index in [1.165, 1.54) is 88.0 Å². The summed E-state index contributed by atoms with van der Waals surface area (Å²) >= 11 is 0. The van der Waals surface area contributed by atoms with E-state index < -0.39 is 0 Å². The molecular formula is C66H44BN3. The normalized spacial score (nSPS) is 12.5. The first-order valence-corrected chi connectivity index (χ1v) is 24.2. The van der Waals surface area contributed by atoms with E-state index in [9.17, 15) is 0 Å². The average molecular weight is 890 g/mol. The Morgan fingerprint density at radius 2 is 0.743 bits per heavy atom. The average Bonchev–Trinajstić information content (AvgIpc) is 3.43. The fraction of sp³-hybridized carbons (Fsp3) is 0. The van der Waals surface area contributed by atoms with Gasteiger partial charge in [0.25, 0.3) is 6.71 Å². The van der Waals surface area contributed by atoms with Crippen LogP contribution in [-0.2, 0) is 0 Å². The number of para-hydroxylation sites is 5. The van der Waals surface area contributed by atoms with Crippen molar-refractivity contribution in [2.45, 2.75) is 0 Å². The molecule has 0 amide bonds. The van der Waals surface area contributed by atoms with Gasteiger partial charge in [-0.2, -0.15) is 0 Å². The minimum atomic E-state index is -0.0371. The number of anilines is 9. The van der Waals surface area contributed by atoms with Gasteiger partial charge in [0.1, 0.15) is 0 Å². The molecule has 12 aromatic rings. The molecule has 0 fully saturated rings. The molecule has 0 radical (unpaired) electrons.